The van der Waals surface area contributed by atoms with E-state index in [4.69, 9.17) is 5.11 Å². The van der Waals surface area contributed by atoms with Crippen LogP contribution in [-0.4, -0.2) is 5.11 Å². The van der Waals surface area contributed by atoms with Gasteiger partial charge in [0.1, 0.15) is 0 Å². The summed E-state index contributed by atoms with van der Waals surface area (Å²) < 4.78 is 12.5. The Morgan fingerprint density at radius 1 is 1.00 bits per heavy atom. The maximum Gasteiger partial charge on any atom is 0.222 e. The topological polar surface area (TPSA) is 20.2 Å². The summed E-state index contributed by atoms with van der Waals surface area (Å²) in [4.78, 5) is 0. The molecule has 0 amide bonds. The van der Waals surface area contributed by atoms with Crippen LogP contribution in [0.25, 0.3) is 10.8 Å². The average Bonchev–Trinajstić information content (AvgIpc) is 2.17. The van der Waals surface area contributed by atoms with E-state index in [0.29, 0.717) is 5.56 Å². The predicted molar refractivity (Wildman–Crippen MR) is 50.0 cm³/mol. The largest absolute Gasteiger partial charge is 0.360 e. The summed E-state index contributed by atoms with van der Waals surface area (Å²) in [6.45, 7) is 0. The summed E-state index contributed by atoms with van der Waals surface area (Å²) in [5.41, 5.74) is 0.304. The maximum absolute atomic E-state index is 12.5. The second kappa shape index (κ2) is 3.15. The highest BCUT2D eigenvalue weighted by molar-refractivity contribution is 5.83. The van der Waals surface area contributed by atoms with Crippen molar-refractivity contribution in [3.8, 4) is 0 Å². The van der Waals surface area contributed by atoms with Gasteiger partial charge in [-0.05, 0) is 16.8 Å². The average molecular weight is 176 g/mol. The number of halogens is 1. The third-order valence-electron chi connectivity index (χ3n) is 2.05. The third kappa shape index (κ3) is 1.53. The van der Waals surface area contributed by atoms with E-state index in [9.17, 15) is 4.39 Å². The molecule has 0 fully saturated rings. The van der Waals surface area contributed by atoms with Gasteiger partial charge in [-0.15, -0.1) is 0 Å². The molecule has 66 valence electrons. The molecule has 1 N–H and O–H groups in total. The molecule has 0 spiro atoms. The minimum absolute atomic E-state index is 0.304. The highest BCUT2D eigenvalue weighted by atomic mass is 19.1. The lowest BCUT2D eigenvalue weighted by atomic mass is 10.1. The Morgan fingerprint density at radius 3 is 2.38 bits per heavy atom. The number of hydrogen-bond donors (Lipinski definition) is 1. The van der Waals surface area contributed by atoms with Gasteiger partial charge in [-0.25, -0.2) is 4.39 Å². The van der Waals surface area contributed by atoms with Gasteiger partial charge >= 0.3 is 0 Å². The van der Waals surface area contributed by atoms with E-state index in [1.165, 1.54) is 0 Å². The minimum Gasteiger partial charge on any atom is -0.360 e. The molecule has 1 atom stereocenters. The zero-order valence-corrected chi connectivity index (χ0v) is 6.94. The molecular weight excluding hydrogens is 167 g/mol. The quantitative estimate of drug-likeness (QED) is 0.708. The van der Waals surface area contributed by atoms with E-state index >= 15 is 0 Å². The second-order valence-corrected chi connectivity index (χ2v) is 2.94. The zero-order valence-electron chi connectivity index (χ0n) is 6.94. The molecule has 0 aliphatic carbocycles. The molecule has 2 heteroatoms. The van der Waals surface area contributed by atoms with Crippen molar-refractivity contribution < 1.29 is 9.50 Å². The lowest BCUT2D eigenvalue weighted by Gasteiger charge is -2.02. The second-order valence-electron chi connectivity index (χ2n) is 2.94. The van der Waals surface area contributed by atoms with Gasteiger partial charge in [0.05, 0.1) is 0 Å². The van der Waals surface area contributed by atoms with Crippen LogP contribution in [0.3, 0.4) is 0 Å². The van der Waals surface area contributed by atoms with Crippen molar-refractivity contribution in [3.63, 3.8) is 0 Å². The number of rotatable bonds is 1. The summed E-state index contributed by atoms with van der Waals surface area (Å²) >= 11 is 0. The first kappa shape index (κ1) is 8.20. The fourth-order valence-corrected chi connectivity index (χ4v) is 1.36. The monoisotopic (exact) mass is 176 g/mol. The maximum atomic E-state index is 12.5. The number of hydrogen-bond acceptors (Lipinski definition) is 1. The van der Waals surface area contributed by atoms with Crippen molar-refractivity contribution >= 4 is 10.8 Å². The fraction of sp³-hybridized carbons (Fsp3) is 0.0909. The minimum atomic E-state index is -1.88. The molecule has 0 aliphatic rings. The molecule has 0 aliphatic heterocycles. The predicted octanol–water partition coefficient (Wildman–Crippen LogP) is 2.80. The van der Waals surface area contributed by atoms with E-state index in [2.05, 4.69) is 0 Å². The van der Waals surface area contributed by atoms with Crippen LogP contribution in [0.1, 0.15) is 11.9 Å². The standard InChI is InChI=1S/C11H9FO/c12-11(13)10-6-5-8-3-1-2-4-9(8)7-10/h1-7,11,13H. The summed E-state index contributed by atoms with van der Waals surface area (Å²) in [5, 5.41) is 10.7. The summed E-state index contributed by atoms with van der Waals surface area (Å²) in [5.74, 6) is 0. The lowest BCUT2D eigenvalue weighted by Crippen LogP contribution is -1.88. The Labute approximate surface area is 75.4 Å². The highest BCUT2D eigenvalue weighted by Crippen LogP contribution is 2.20. The van der Waals surface area contributed by atoms with Gasteiger partial charge in [-0.2, -0.15) is 0 Å². The molecule has 2 rings (SSSR count). The first-order valence-electron chi connectivity index (χ1n) is 4.08. The Kier molecular flexibility index (Phi) is 1.99. The van der Waals surface area contributed by atoms with E-state index in [0.717, 1.165) is 10.8 Å². The Hall–Kier alpha value is -1.41. The van der Waals surface area contributed by atoms with Crippen LogP contribution in [0, 0.1) is 0 Å². The number of aliphatic hydroxyl groups is 1. The Morgan fingerprint density at radius 2 is 1.69 bits per heavy atom. The highest BCUT2D eigenvalue weighted by Gasteiger charge is 2.03. The molecule has 2 aromatic carbocycles. The lowest BCUT2D eigenvalue weighted by molar-refractivity contribution is 0.0412. The SMILES string of the molecule is OC(F)c1ccc2ccccc2c1. The molecule has 0 saturated carbocycles. The normalized spacial score (nSPS) is 13.1. The summed E-state index contributed by atoms with van der Waals surface area (Å²) in [6.07, 6.45) is -1.88. The summed E-state index contributed by atoms with van der Waals surface area (Å²) in [6, 6.07) is 12.7. The molecule has 1 nitrogen and oxygen atoms in total. The molecular formula is C11H9FO. The van der Waals surface area contributed by atoms with Gasteiger partial charge in [-0.1, -0.05) is 36.4 Å². The number of alkyl halides is 1. The van der Waals surface area contributed by atoms with Crippen LogP contribution in [0.2, 0.25) is 0 Å². The third-order valence-corrected chi connectivity index (χ3v) is 2.05. The molecule has 13 heavy (non-hydrogen) atoms. The van der Waals surface area contributed by atoms with Crippen LogP contribution in [-0.2, 0) is 0 Å². The number of aliphatic hydroxyl groups excluding tert-OH is 1. The molecule has 2 aromatic rings. The van der Waals surface area contributed by atoms with Gasteiger partial charge in [0.2, 0.25) is 6.36 Å². The van der Waals surface area contributed by atoms with Crippen LogP contribution >= 0.6 is 0 Å². The van der Waals surface area contributed by atoms with Gasteiger partial charge in [0.25, 0.3) is 0 Å². The molecule has 0 bridgehead atoms. The number of benzene rings is 2. The smallest absolute Gasteiger partial charge is 0.222 e. The van der Waals surface area contributed by atoms with Gasteiger partial charge in [-0.3, -0.25) is 0 Å². The van der Waals surface area contributed by atoms with Crippen LogP contribution in [0.4, 0.5) is 4.39 Å². The first-order valence-corrected chi connectivity index (χ1v) is 4.08. The van der Waals surface area contributed by atoms with Crippen molar-refractivity contribution in [3.05, 3.63) is 48.0 Å². The zero-order chi connectivity index (χ0) is 9.26. The van der Waals surface area contributed by atoms with Crippen molar-refractivity contribution in [2.45, 2.75) is 6.36 Å². The Balaban J connectivity index is 2.62. The molecule has 0 aromatic heterocycles. The summed E-state index contributed by atoms with van der Waals surface area (Å²) in [7, 11) is 0. The first-order chi connectivity index (χ1) is 6.27. The molecule has 0 heterocycles. The van der Waals surface area contributed by atoms with Crippen LogP contribution in [0.5, 0.6) is 0 Å². The molecule has 0 radical (unpaired) electrons. The number of fused-ring (bicyclic) bond motifs is 1. The van der Waals surface area contributed by atoms with Gasteiger partial charge < -0.3 is 5.11 Å². The van der Waals surface area contributed by atoms with E-state index in [1.54, 1.807) is 18.2 Å². The van der Waals surface area contributed by atoms with E-state index < -0.39 is 6.36 Å². The van der Waals surface area contributed by atoms with Crippen LogP contribution in [0.15, 0.2) is 42.5 Å². The van der Waals surface area contributed by atoms with Crippen molar-refractivity contribution in [1.29, 1.82) is 0 Å². The van der Waals surface area contributed by atoms with Crippen LogP contribution < -0.4 is 0 Å². The Bertz CT molecular complexity index is 423. The fourth-order valence-electron chi connectivity index (χ4n) is 1.36. The van der Waals surface area contributed by atoms with Crippen molar-refractivity contribution in [2.75, 3.05) is 0 Å². The van der Waals surface area contributed by atoms with Crippen molar-refractivity contribution in [1.82, 2.24) is 0 Å². The van der Waals surface area contributed by atoms with Gasteiger partial charge in [0.15, 0.2) is 0 Å². The van der Waals surface area contributed by atoms with E-state index in [1.807, 2.05) is 24.3 Å². The van der Waals surface area contributed by atoms with Crippen molar-refractivity contribution in [2.24, 2.45) is 0 Å². The van der Waals surface area contributed by atoms with Gasteiger partial charge in [0, 0.05) is 5.56 Å². The van der Waals surface area contributed by atoms with E-state index in [-0.39, 0.29) is 0 Å². The molecule has 1 unspecified atom stereocenters. The molecule has 0 saturated heterocycles.